The smallest absolute Gasteiger partial charge is 0.294 e. The second-order valence-corrected chi connectivity index (χ2v) is 8.53. The van der Waals surface area contributed by atoms with Gasteiger partial charge in [0, 0.05) is 18.6 Å². The molecule has 0 aliphatic carbocycles. The summed E-state index contributed by atoms with van der Waals surface area (Å²) in [7, 11) is 0. The zero-order valence-electron chi connectivity index (χ0n) is 13.7. The van der Waals surface area contributed by atoms with E-state index < -0.39 is 33.6 Å². The number of nitrogens with zero attached hydrogens (tertiary/aromatic N) is 1. The van der Waals surface area contributed by atoms with Crippen molar-refractivity contribution in [2.24, 2.45) is 5.73 Å². The van der Waals surface area contributed by atoms with Crippen LogP contribution in [0.3, 0.4) is 0 Å². The SMILES string of the molecule is CC[C@@H](O)[C@H](NC[C@]1(C)CCCN1[C@@H](OC=O)C(Cl)(Cl)Cl)C(N)=O. The molecular formula is C14H24Cl3N3O4. The van der Waals surface area contributed by atoms with Crippen molar-refractivity contribution in [3.05, 3.63) is 0 Å². The first kappa shape index (κ1) is 21.7. The van der Waals surface area contributed by atoms with Crippen LogP contribution in [0.4, 0.5) is 0 Å². The number of hydrogen-bond donors (Lipinski definition) is 3. The molecule has 1 aliphatic rings. The Morgan fingerprint density at radius 2 is 2.17 bits per heavy atom. The molecule has 1 amide bonds. The quantitative estimate of drug-likeness (QED) is 0.390. The fourth-order valence-electron chi connectivity index (χ4n) is 3.01. The monoisotopic (exact) mass is 403 g/mol. The molecule has 0 aromatic carbocycles. The Kier molecular flexibility index (Phi) is 8.03. The molecule has 24 heavy (non-hydrogen) atoms. The minimum atomic E-state index is -1.82. The van der Waals surface area contributed by atoms with Gasteiger partial charge in [0.15, 0.2) is 0 Å². The van der Waals surface area contributed by atoms with Crippen LogP contribution < -0.4 is 11.1 Å². The number of amides is 1. The fourth-order valence-corrected chi connectivity index (χ4v) is 3.51. The highest BCUT2D eigenvalue weighted by Crippen LogP contribution is 2.40. The minimum Gasteiger partial charge on any atom is -0.444 e. The van der Waals surface area contributed by atoms with Crippen molar-refractivity contribution in [1.29, 1.82) is 0 Å². The number of alkyl halides is 3. The largest absolute Gasteiger partial charge is 0.444 e. The van der Waals surface area contributed by atoms with Gasteiger partial charge in [-0.3, -0.25) is 14.5 Å². The molecule has 0 aromatic heterocycles. The molecular weight excluding hydrogens is 381 g/mol. The van der Waals surface area contributed by atoms with Gasteiger partial charge in [-0.2, -0.15) is 0 Å². The van der Waals surface area contributed by atoms with Crippen LogP contribution in [0.15, 0.2) is 0 Å². The second-order valence-electron chi connectivity index (χ2n) is 6.16. The molecule has 0 radical (unpaired) electrons. The maximum absolute atomic E-state index is 11.5. The van der Waals surface area contributed by atoms with E-state index >= 15 is 0 Å². The van der Waals surface area contributed by atoms with E-state index in [1.165, 1.54) is 0 Å². The van der Waals surface area contributed by atoms with Crippen molar-refractivity contribution in [3.8, 4) is 0 Å². The number of carbonyl (C=O) groups excluding carboxylic acids is 2. The summed E-state index contributed by atoms with van der Waals surface area (Å²) < 4.78 is 3.17. The number of likely N-dealkylation sites (tertiary alicyclic amines) is 1. The molecule has 1 fully saturated rings. The Labute approximate surface area is 156 Å². The van der Waals surface area contributed by atoms with E-state index in [-0.39, 0.29) is 6.47 Å². The number of nitrogens with one attached hydrogen (secondary N) is 1. The fraction of sp³-hybridized carbons (Fsp3) is 0.857. The lowest BCUT2D eigenvalue weighted by Crippen LogP contribution is -2.60. The van der Waals surface area contributed by atoms with E-state index in [9.17, 15) is 14.7 Å². The summed E-state index contributed by atoms with van der Waals surface area (Å²) in [6.45, 7) is 4.76. The van der Waals surface area contributed by atoms with Crippen molar-refractivity contribution < 1.29 is 19.4 Å². The van der Waals surface area contributed by atoms with Crippen molar-refractivity contribution >= 4 is 47.2 Å². The third-order valence-electron chi connectivity index (χ3n) is 4.37. The average Bonchev–Trinajstić information content (AvgIpc) is 2.84. The Morgan fingerprint density at radius 1 is 1.54 bits per heavy atom. The summed E-state index contributed by atoms with van der Waals surface area (Å²) in [6.07, 6.45) is -0.0392. The first-order valence-corrected chi connectivity index (χ1v) is 8.83. The Hall–Kier alpha value is -0.310. The average molecular weight is 405 g/mol. The van der Waals surface area contributed by atoms with Gasteiger partial charge in [0.2, 0.25) is 15.9 Å². The number of hydrogen-bond acceptors (Lipinski definition) is 6. The van der Waals surface area contributed by atoms with Crippen molar-refractivity contribution in [3.63, 3.8) is 0 Å². The van der Waals surface area contributed by atoms with Crippen LogP contribution in [-0.2, 0) is 14.3 Å². The minimum absolute atomic E-state index is 0.242. The summed E-state index contributed by atoms with van der Waals surface area (Å²) in [5.41, 5.74) is 4.80. The number of aliphatic hydroxyl groups is 1. The zero-order chi connectivity index (χ0) is 18.5. The molecule has 0 aromatic rings. The highest BCUT2D eigenvalue weighted by molar-refractivity contribution is 6.68. The predicted molar refractivity (Wildman–Crippen MR) is 92.9 cm³/mol. The van der Waals surface area contributed by atoms with Gasteiger partial charge in [-0.15, -0.1) is 0 Å². The van der Waals surface area contributed by atoms with Gasteiger partial charge in [-0.25, -0.2) is 0 Å². The van der Waals surface area contributed by atoms with E-state index in [0.29, 0.717) is 19.5 Å². The number of halogens is 3. The van der Waals surface area contributed by atoms with Crippen molar-refractivity contribution in [1.82, 2.24) is 10.2 Å². The van der Waals surface area contributed by atoms with Crippen LogP contribution in [0.25, 0.3) is 0 Å². The molecule has 1 aliphatic heterocycles. The van der Waals surface area contributed by atoms with E-state index in [2.05, 4.69) is 5.32 Å². The molecule has 1 saturated heterocycles. The van der Waals surface area contributed by atoms with E-state index in [4.69, 9.17) is 45.3 Å². The number of aliphatic hydroxyl groups excluding tert-OH is 1. The molecule has 1 heterocycles. The van der Waals surface area contributed by atoms with Crippen LogP contribution in [0, 0.1) is 0 Å². The van der Waals surface area contributed by atoms with Gasteiger partial charge < -0.3 is 20.9 Å². The highest BCUT2D eigenvalue weighted by atomic mass is 35.6. The molecule has 140 valence electrons. The number of carbonyl (C=O) groups is 2. The van der Waals surface area contributed by atoms with E-state index in [1.54, 1.807) is 11.8 Å². The summed E-state index contributed by atoms with van der Waals surface area (Å²) in [5, 5.41) is 12.9. The highest BCUT2D eigenvalue weighted by Gasteiger charge is 2.49. The van der Waals surface area contributed by atoms with E-state index in [1.807, 2.05) is 6.92 Å². The zero-order valence-corrected chi connectivity index (χ0v) is 15.9. The van der Waals surface area contributed by atoms with E-state index in [0.717, 1.165) is 12.8 Å². The van der Waals surface area contributed by atoms with Crippen LogP contribution in [0.1, 0.15) is 33.1 Å². The second kappa shape index (κ2) is 8.87. The maximum Gasteiger partial charge on any atom is 0.294 e. The van der Waals surface area contributed by atoms with Crippen LogP contribution in [0.2, 0.25) is 0 Å². The summed E-state index contributed by atoms with van der Waals surface area (Å²) in [4.78, 5) is 24.1. The number of primary amides is 1. The molecule has 7 nitrogen and oxygen atoms in total. The van der Waals surface area contributed by atoms with Gasteiger partial charge in [0.25, 0.3) is 6.47 Å². The van der Waals surface area contributed by atoms with Crippen molar-refractivity contribution in [2.75, 3.05) is 13.1 Å². The Balaban J connectivity index is 2.90. The Bertz CT molecular complexity index is 449. The molecule has 4 atom stereocenters. The van der Waals surface area contributed by atoms with Gasteiger partial charge in [0.05, 0.1) is 6.10 Å². The number of nitrogens with two attached hydrogens (primary N) is 1. The lowest BCUT2D eigenvalue weighted by Gasteiger charge is -2.42. The third kappa shape index (κ3) is 5.34. The van der Waals surface area contributed by atoms with Gasteiger partial charge in [0.1, 0.15) is 6.04 Å². The first-order valence-electron chi connectivity index (χ1n) is 7.70. The third-order valence-corrected chi connectivity index (χ3v) is 4.93. The van der Waals surface area contributed by atoms with Crippen molar-refractivity contribution in [2.45, 2.75) is 60.8 Å². The summed E-state index contributed by atoms with van der Waals surface area (Å²) >= 11 is 17.8. The lowest BCUT2D eigenvalue weighted by atomic mass is 9.97. The first-order chi connectivity index (χ1) is 11.1. The predicted octanol–water partition coefficient (Wildman–Crippen LogP) is 0.925. The molecule has 10 heteroatoms. The maximum atomic E-state index is 11.5. The summed E-state index contributed by atoms with van der Waals surface area (Å²) in [6, 6.07) is -0.882. The summed E-state index contributed by atoms with van der Waals surface area (Å²) in [5.74, 6) is -0.639. The van der Waals surface area contributed by atoms with Crippen LogP contribution in [-0.4, -0.2) is 63.2 Å². The molecule has 0 saturated carbocycles. The molecule has 4 N–H and O–H groups in total. The molecule has 0 bridgehead atoms. The van der Waals surface area contributed by atoms with Crippen LogP contribution >= 0.6 is 34.8 Å². The molecule has 0 spiro atoms. The normalized spacial score (nSPS) is 25.9. The van der Waals surface area contributed by atoms with Gasteiger partial charge >= 0.3 is 0 Å². The van der Waals surface area contributed by atoms with Crippen LogP contribution in [0.5, 0.6) is 0 Å². The standard InChI is InChI=1S/C14H24Cl3N3O4/c1-3-9(22)10(11(18)23)19-7-13(2)5-4-6-20(13)12(24-8-21)14(15,16)17/h8-10,12,19,22H,3-7H2,1-2H3,(H2,18,23)/t9-,10+,12+,13+/m1/s1. The molecule has 1 rings (SSSR count). The number of rotatable bonds is 9. The van der Waals surface area contributed by atoms with Gasteiger partial charge in [-0.05, 0) is 26.2 Å². The lowest BCUT2D eigenvalue weighted by molar-refractivity contribution is -0.147. The number of ether oxygens (including phenoxy) is 1. The van der Waals surface area contributed by atoms with Gasteiger partial charge in [-0.1, -0.05) is 41.7 Å². The Morgan fingerprint density at radius 3 is 2.62 bits per heavy atom. The molecule has 0 unspecified atom stereocenters. The topological polar surface area (TPSA) is 105 Å².